The van der Waals surface area contributed by atoms with Gasteiger partial charge >= 0.3 is 0 Å². The molecule has 0 spiro atoms. The van der Waals surface area contributed by atoms with Gasteiger partial charge in [0.05, 0.1) is 11.9 Å². The van der Waals surface area contributed by atoms with E-state index in [1.807, 2.05) is 13.0 Å². The fourth-order valence-corrected chi connectivity index (χ4v) is 1.45. The predicted molar refractivity (Wildman–Crippen MR) is 74.0 cm³/mol. The van der Waals surface area contributed by atoms with Crippen LogP contribution in [0.2, 0.25) is 0 Å². The summed E-state index contributed by atoms with van der Waals surface area (Å²) in [6.45, 7) is 1.83. The van der Waals surface area contributed by atoms with E-state index < -0.39 is 0 Å². The summed E-state index contributed by atoms with van der Waals surface area (Å²) in [6, 6.07) is 10.5. The number of aromatic nitrogens is 1. The van der Waals surface area contributed by atoms with E-state index in [9.17, 15) is 4.79 Å². The Hall–Kier alpha value is -2.56. The highest BCUT2D eigenvalue weighted by atomic mass is 16.5. The van der Waals surface area contributed by atoms with Crippen molar-refractivity contribution in [3.8, 4) is 5.75 Å². The summed E-state index contributed by atoms with van der Waals surface area (Å²) in [5.74, 6) is 0.369. The second-order valence-electron chi connectivity index (χ2n) is 4.09. The van der Waals surface area contributed by atoms with Crippen molar-refractivity contribution in [3.05, 3.63) is 48.3 Å². The highest BCUT2D eigenvalue weighted by Gasteiger charge is 2.03. The summed E-state index contributed by atoms with van der Waals surface area (Å²) in [5.41, 5.74) is 7.76. The van der Waals surface area contributed by atoms with Crippen LogP contribution in [0.15, 0.2) is 42.6 Å². The third-order valence-electron chi connectivity index (χ3n) is 2.45. The number of nitrogens with zero attached hydrogens (tertiary/aromatic N) is 1. The Labute approximate surface area is 111 Å². The van der Waals surface area contributed by atoms with Crippen LogP contribution in [0.1, 0.15) is 5.69 Å². The van der Waals surface area contributed by atoms with Gasteiger partial charge in [-0.1, -0.05) is 0 Å². The van der Waals surface area contributed by atoms with Gasteiger partial charge in [-0.2, -0.15) is 0 Å². The highest BCUT2D eigenvalue weighted by Crippen LogP contribution is 2.13. The maximum atomic E-state index is 11.6. The molecule has 1 aromatic heterocycles. The zero-order valence-electron chi connectivity index (χ0n) is 10.6. The number of amides is 1. The second kappa shape index (κ2) is 5.86. The lowest BCUT2D eigenvalue weighted by molar-refractivity contribution is -0.118. The molecular formula is C14H15N3O2. The predicted octanol–water partition coefficient (Wildman–Crippen LogP) is 1.99. The maximum Gasteiger partial charge on any atom is 0.262 e. The SMILES string of the molecule is Cc1ccc(NC(=O)COc2ccc(N)cc2)cn1. The number of benzene rings is 1. The standard InChI is InChI=1S/C14H15N3O2/c1-10-2-5-12(8-16-10)17-14(18)9-19-13-6-3-11(15)4-7-13/h2-8H,9,15H2,1H3,(H,17,18). The normalized spacial score (nSPS) is 9.95. The van der Waals surface area contributed by atoms with Crippen molar-refractivity contribution in [2.45, 2.75) is 6.92 Å². The molecule has 0 aliphatic heterocycles. The van der Waals surface area contributed by atoms with Crippen LogP contribution in [-0.2, 0) is 4.79 Å². The van der Waals surface area contributed by atoms with Crippen LogP contribution < -0.4 is 15.8 Å². The minimum absolute atomic E-state index is 0.0577. The first kappa shape index (κ1) is 12.9. The van der Waals surface area contributed by atoms with Crippen molar-refractivity contribution in [1.82, 2.24) is 4.98 Å². The van der Waals surface area contributed by atoms with Gasteiger partial charge < -0.3 is 15.8 Å². The molecule has 0 aliphatic carbocycles. The fraction of sp³-hybridized carbons (Fsp3) is 0.143. The smallest absolute Gasteiger partial charge is 0.262 e. The number of hydrogen-bond acceptors (Lipinski definition) is 4. The lowest BCUT2D eigenvalue weighted by atomic mass is 10.3. The molecule has 0 aliphatic rings. The molecule has 0 saturated heterocycles. The lowest BCUT2D eigenvalue weighted by Gasteiger charge is -2.07. The maximum absolute atomic E-state index is 11.6. The third-order valence-corrected chi connectivity index (χ3v) is 2.45. The largest absolute Gasteiger partial charge is 0.484 e. The third kappa shape index (κ3) is 3.99. The Balaban J connectivity index is 1.84. The van der Waals surface area contributed by atoms with Crippen LogP contribution in [0.3, 0.4) is 0 Å². The molecule has 1 aromatic carbocycles. The Morgan fingerprint density at radius 1 is 1.26 bits per heavy atom. The Bertz CT molecular complexity index is 550. The van der Waals surface area contributed by atoms with Gasteiger partial charge in [-0.15, -0.1) is 0 Å². The summed E-state index contributed by atoms with van der Waals surface area (Å²) in [4.78, 5) is 15.7. The average Bonchev–Trinajstić information content (AvgIpc) is 2.41. The van der Waals surface area contributed by atoms with Gasteiger partial charge in [0, 0.05) is 11.4 Å². The first-order chi connectivity index (χ1) is 9.13. The number of aryl methyl sites for hydroxylation is 1. The number of ether oxygens (including phenoxy) is 1. The van der Waals surface area contributed by atoms with Crippen LogP contribution >= 0.6 is 0 Å². The molecule has 19 heavy (non-hydrogen) atoms. The molecule has 98 valence electrons. The van der Waals surface area contributed by atoms with E-state index in [-0.39, 0.29) is 12.5 Å². The van der Waals surface area contributed by atoms with Crippen molar-refractivity contribution >= 4 is 17.3 Å². The molecule has 2 rings (SSSR count). The van der Waals surface area contributed by atoms with Crippen LogP contribution in [-0.4, -0.2) is 17.5 Å². The molecule has 0 saturated carbocycles. The van der Waals surface area contributed by atoms with Crippen molar-refractivity contribution < 1.29 is 9.53 Å². The molecule has 0 radical (unpaired) electrons. The van der Waals surface area contributed by atoms with E-state index in [1.165, 1.54) is 0 Å². The van der Waals surface area contributed by atoms with E-state index in [1.54, 1.807) is 36.5 Å². The topological polar surface area (TPSA) is 77.2 Å². The van der Waals surface area contributed by atoms with Crippen LogP contribution in [0.4, 0.5) is 11.4 Å². The van der Waals surface area contributed by atoms with Gasteiger partial charge in [0.15, 0.2) is 6.61 Å². The summed E-state index contributed by atoms with van der Waals surface area (Å²) < 4.78 is 5.33. The molecule has 1 heterocycles. The number of carbonyl (C=O) groups is 1. The van der Waals surface area contributed by atoms with Gasteiger partial charge in [-0.25, -0.2) is 0 Å². The second-order valence-corrected chi connectivity index (χ2v) is 4.09. The molecule has 3 N–H and O–H groups in total. The summed E-state index contributed by atoms with van der Waals surface area (Å²) in [5, 5.41) is 2.70. The molecule has 0 atom stereocenters. The Morgan fingerprint density at radius 3 is 2.63 bits per heavy atom. The molecule has 0 unspecified atom stereocenters. The van der Waals surface area contributed by atoms with Gasteiger partial charge in [0.2, 0.25) is 0 Å². The number of hydrogen-bond donors (Lipinski definition) is 2. The highest BCUT2D eigenvalue weighted by molar-refractivity contribution is 5.91. The van der Waals surface area contributed by atoms with Crippen LogP contribution in [0.25, 0.3) is 0 Å². The molecule has 0 bridgehead atoms. The van der Waals surface area contributed by atoms with E-state index >= 15 is 0 Å². The first-order valence-corrected chi connectivity index (χ1v) is 5.84. The average molecular weight is 257 g/mol. The molecule has 1 amide bonds. The molecule has 2 aromatic rings. The zero-order chi connectivity index (χ0) is 13.7. The Kier molecular flexibility index (Phi) is 3.97. The molecule has 0 fully saturated rings. The molecule has 5 heteroatoms. The number of pyridine rings is 1. The first-order valence-electron chi connectivity index (χ1n) is 5.84. The van der Waals surface area contributed by atoms with Crippen molar-refractivity contribution in [2.24, 2.45) is 0 Å². The van der Waals surface area contributed by atoms with Crippen LogP contribution in [0.5, 0.6) is 5.75 Å². The van der Waals surface area contributed by atoms with E-state index in [0.29, 0.717) is 17.1 Å². The van der Waals surface area contributed by atoms with Crippen molar-refractivity contribution in [1.29, 1.82) is 0 Å². The van der Waals surface area contributed by atoms with E-state index in [4.69, 9.17) is 10.5 Å². The molecular weight excluding hydrogens is 242 g/mol. The minimum atomic E-state index is -0.234. The van der Waals surface area contributed by atoms with Gasteiger partial charge in [-0.05, 0) is 43.3 Å². The van der Waals surface area contributed by atoms with E-state index in [0.717, 1.165) is 5.69 Å². The van der Waals surface area contributed by atoms with Crippen molar-refractivity contribution in [3.63, 3.8) is 0 Å². The van der Waals surface area contributed by atoms with Gasteiger partial charge in [0.1, 0.15) is 5.75 Å². The summed E-state index contributed by atoms with van der Waals surface area (Å²) >= 11 is 0. The fourth-order valence-electron chi connectivity index (χ4n) is 1.45. The lowest BCUT2D eigenvalue weighted by Crippen LogP contribution is -2.20. The monoisotopic (exact) mass is 257 g/mol. The van der Waals surface area contributed by atoms with Crippen LogP contribution in [0, 0.1) is 6.92 Å². The quantitative estimate of drug-likeness (QED) is 0.821. The zero-order valence-corrected chi connectivity index (χ0v) is 10.6. The van der Waals surface area contributed by atoms with Gasteiger partial charge in [-0.3, -0.25) is 9.78 Å². The number of anilines is 2. The summed E-state index contributed by atoms with van der Waals surface area (Å²) in [7, 11) is 0. The van der Waals surface area contributed by atoms with E-state index in [2.05, 4.69) is 10.3 Å². The van der Waals surface area contributed by atoms with Gasteiger partial charge in [0.25, 0.3) is 5.91 Å². The number of nitrogen functional groups attached to an aromatic ring is 1. The Morgan fingerprint density at radius 2 is 2.00 bits per heavy atom. The number of carbonyl (C=O) groups excluding carboxylic acids is 1. The molecule has 5 nitrogen and oxygen atoms in total. The number of nitrogens with two attached hydrogens (primary N) is 1. The number of rotatable bonds is 4. The number of nitrogens with one attached hydrogen (secondary N) is 1. The minimum Gasteiger partial charge on any atom is -0.484 e. The van der Waals surface area contributed by atoms with Crippen molar-refractivity contribution in [2.75, 3.05) is 17.7 Å². The summed E-state index contributed by atoms with van der Waals surface area (Å²) in [6.07, 6.45) is 1.61.